The van der Waals surface area contributed by atoms with Gasteiger partial charge in [-0.3, -0.25) is 4.90 Å². The predicted molar refractivity (Wildman–Crippen MR) is 64.3 cm³/mol. The molecule has 0 amide bonds. The van der Waals surface area contributed by atoms with Gasteiger partial charge in [0.15, 0.2) is 0 Å². The second-order valence-electron chi connectivity index (χ2n) is 4.30. The van der Waals surface area contributed by atoms with Gasteiger partial charge in [0.25, 0.3) is 0 Å². The van der Waals surface area contributed by atoms with Gasteiger partial charge in [0.05, 0.1) is 6.26 Å². The third kappa shape index (κ3) is 2.40. The molecule has 2 heterocycles. The van der Waals surface area contributed by atoms with Crippen molar-refractivity contribution in [1.29, 1.82) is 0 Å². The maximum absolute atomic E-state index is 5.71. The molecule has 0 radical (unpaired) electrons. The molecular weight excluding hydrogens is 214 g/mol. The Hall–Kier alpha value is -1.58. The van der Waals surface area contributed by atoms with Crippen molar-refractivity contribution in [3.8, 4) is 0 Å². The molecule has 88 valence electrons. The average molecular weight is 229 g/mol. The minimum absolute atomic E-state index is 0.0775. The summed E-state index contributed by atoms with van der Waals surface area (Å²) in [4.78, 5) is 2.28. The van der Waals surface area contributed by atoms with Crippen LogP contribution in [0, 0.1) is 0 Å². The van der Waals surface area contributed by atoms with Crippen LogP contribution in [-0.2, 0) is 11.3 Å². The van der Waals surface area contributed by atoms with Gasteiger partial charge in [-0.05, 0) is 17.7 Å². The zero-order valence-corrected chi connectivity index (χ0v) is 9.58. The average Bonchev–Trinajstić information content (AvgIpc) is 3.00. The summed E-state index contributed by atoms with van der Waals surface area (Å²) in [6.07, 6.45) is 1.77. The number of furan rings is 1. The highest BCUT2D eigenvalue weighted by Gasteiger charge is 2.26. The van der Waals surface area contributed by atoms with Gasteiger partial charge in [-0.2, -0.15) is 0 Å². The van der Waals surface area contributed by atoms with Gasteiger partial charge < -0.3 is 9.15 Å². The van der Waals surface area contributed by atoms with Crippen molar-refractivity contribution in [2.24, 2.45) is 0 Å². The first-order chi connectivity index (χ1) is 8.42. The molecule has 1 atom stereocenters. The molecule has 3 nitrogen and oxygen atoms in total. The number of rotatable bonds is 3. The number of benzene rings is 1. The smallest absolute Gasteiger partial charge is 0.133 e. The van der Waals surface area contributed by atoms with Gasteiger partial charge in [0.2, 0.25) is 0 Å². The van der Waals surface area contributed by atoms with Gasteiger partial charge in [-0.1, -0.05) is 30.3 Å². The quantitative estimate of drug-likeness (QED) is 0.809. The van der Waals surface area contributed by atoms with Crippen molar-refractivity contribution in [3.05, 3.63) is 60.1 Å². The normalized spacial score (nSPS) is 20.8. The number of hydrogen-bond donors (Lipinski definition) is 0. The van der Waals surface area contributed by atoms with E-state index in [1.54, 1.807) is 6.26 Å². The fraction of sp³-hybridized carbons (Fsp3) is 0.286. The van der Waals surface area contributed by atoms with E-state index in [-0.39, 0.29) is 6.10 Å². The summed E-state index contributed by atoms with van der Waals surface area (Å²) in [6, 6.07) is 14.3. The molecule has 17 heavy (non-hydrogen) atoms. The molecule has 0 spiro atoms. The van der Waals surface area contributed by atoms with Crippen molar-refractivity contribution in [2.45, 2.75) is 12.6 Å². The number of ether oxygens (including phenoxy) is 1. The van der Waals surface area contributed by atoms with Crippen LogP contribution in [0.2, 0.25) is 0 Å². The Bertz CT molecular complexity index is 452. The van der Waals surface area contributed by atoms with E-state index in [0.717, 1.165) is 18.8 Å². The molecule has 0 aliphatic carbocycles. The second-order valence-corrected chi connectivity index (χ2v) is 4.30. The summed E-state index contributed by atoms with van der Waals surface area (Å²) < 4.78 is 11.1. The summed E-state index contributed by atoms with van der Waals surface area (Å²) in [7, 11) is 0. The molecular formula is C14H15NO2. The van der Waals surface area contributed by atoms with Crippen molar-refractivity contribution >= 4 is 0 Å². The van der Waals surface area contributed by atoms with E-state index in [4.69, 9.17) is 9.15 Å². The summed E-state index contributed by atoms with van der Waals surface area (Å²) in [6.45, 7) is 2.49. The summed E-state index contributed by atoms with van der Waals surface area (Å²) in [5, 5.41) is 0. The first kappa shape index (κ1) is 10.6. The summed E-state index contributed by atoms with van der Waals surface area (Å²) in [5.41, 5.74) is 1.32. The lowest BCUT2D eigenvalue weighted by Gasteiger charge is -2.12. The van der Waals surface area contributed by atoms with E-state index in [1.807, 2.05) is 18.2 Å². The highest BCUT2D eigenvalue weighted by molar-refractivity contribution is 5.14. The van der Waals surface area contributed by atoms with E-state index in [1.165, 1.54) is 5.56 Å². The maximum Gasteiger partial charge on any atom is 0.133 e. The highest BCUT2D eigenvalue weighted by atomic mass is 16.5. The lowest BCUT2D eigenvalue weighted by Crippen LogP contribution is -2.19. The van der Waals surface area contributed by atoms with E-state index in [0.29, 0.717) is 6.73 Å². The van der Waals surface area contributed by atoms with Crippen molar-refractivity contribution in [2.75, 3.05) is 13.3 Å². The lowest BCUT2D eigenvalue weighted by atomic mass is 10.2. The molecule has 1 saturated heterocycles. The van der Waals surface area contributed by atoms with Crippen LogP contribution in [0.5, 0.6) is 0 Å². The van der Waals surface area contributed by atoms with Gasteiger partial charge in [0, 0.05) is 13.1 Å². The predicted octanol–water partition coefficient (Wildman–Crippen LogP) is 2.81. The van der Waals surface area contributed by atoms with Crippen LogP contribution < -0.4 is 0 Å². The highest BCUT2D eigenvalue weighted by Crippen LogP contribution is 2.25. The Kier molecular flexibility index (Phi) is 2.94. The van der Waals surface area contributed by atoms with E-state index >= 15 is 0 Å². The molecule has 3 heteroatoms. The fourth-order valence-electron chi connectivity index (χ4n) is 2.13. The second kappa shape index (κ2) is 4.73. The van der Waals surface area contributed by atoms with Crippen LogP contribution in [0.4, 0.5) is 0 Å². The van der Waals surface area contributed by atoms with Gasteiger partial charge in [-0.15, -0.1) is 0 Å². The maximum atomic E-state index is 5.71. The standard InChI is InChI=1S/C14H15NO2/c1-2-5-12(6-3-1)9-15-10-14(17-11-15)13-7-4-8-16-13/h1-8,14H,9-11H2. The Morgan fingerprint density at radius 3 is 2.76 bits per heavy atom. The molecule has 0 saturated carbocycles. The van der Waals surface area contributed by atoms with Crippen LogP contribution in [-0.4, -0.2) is 18.2 Å². The number of nitrogens with zero attached hydrogens (tertiary/aromatic N) is 1. The van der Waals surface area contributed by atoms with E-state index in [9.17, 15) is 0 Å². The largest absolute Gasteiger partial charge is 0.467 e. The van der Waals surface area contributed by atoms with Gasteiger partial charge in [0.1, 0.15) is 18.6 Å². The minimum Gasteiger partial charge on any atom is -0.467 e. The molecule has 2 aromatic rings. The van der Waals surface area contributed by atoms with Crippen molar-refractivity contribution < 1.29 is 9.15 Å². The monoisotopic (exact) mass is 229 g/mol. The third-order valence-electron chi connectivity index (χ3n) is 2.99. The van der Waals surface area contributed by atoms with Gasteiger partial charge >= 0.3 is 0 Å². The molecule has 1 aromatic carbocycles. The van der Waals surface area contributed by atoms with Crippen LogP contribution in [0.1, 0.15) is 17.4 Å². The zero-order valence-electron chi connectivity index (χ0n) is 9.58. The molecule has 3 rings (SSSR count). The topological polar surface area (TPSA) is 25.6 Å². The molecule has 1 fully saturated rings. The summed E-state index contributed by atoms with van der Waals surface area (Å²) in [5.74, 6) is 0.917. The van der Waals surface area contributed by atoms with Gasteiger partial charge in [-0.25, -0.2) is 0 Å². The van der Waals surface area contributed by atoms with E-state index in [2.05, 4.69) is 29.2 Å². The third-order valence-corrected chi connectivity index (χ3v) is 2.99. The van der Waals surface area contributed by atoms with Crippen molar-refractivity contribution in [3.63, 3.8) is 0 Å². The molecule has 0 bridgehead atoms. The first-order valence-corrected chi connectivity index (χ1v) is 5.83. The minimum atomic E-state index is 0.0775. The van der Waals surface area contributed by atoms with E-state index < -0.39 is 0 Å². The first-order valence-electron chi connectivity index (χ1n) is 5.83. The molecule has 1 unspecified atom stereocenters. The Morgan fingerprint density at radius 1 is 1.12 bits per heavy atom. The molecule has 1 aliphatic rings. The molecule has 0 N–H and O–H groups in total. The number of hydrogen-bond acceptors (Lipinski definition) is 3. The van der Waals surface area contributed by atoms with Crippen LogP contribution in [0.25, 0.3) is 0 Å². The van der Waals surface area contributed by atoms with Crippen LogP contribution >= 0.6 is 0 Å². The van der Waals surface area contributed by atoms with Crippen molar-refractivity contribution in [1.82, 2.24) is 4.90 Å². The zero-order chi connectivity index (χ0) is 11.5. The fourth-order valence-corrected chi connectivity index (χ4v) is 2.13. The SMILES string of the molecule is c1ccc(CN2COC(c3ccco3)C2)cc1. The molecule has 1 aromatic heterocycles. The molecule has 1 aliphatic heterocycles. The van der Waals surface area contributed by atoms with Crippen LogP contribution in [0.15, 0.2) is 53.1 Å². The van der Waals surface area contributed by atoms with Crippen LogP contribution in [0.3, 0.4) is 0 Å². The Balaban J connectivity index is 1.61. The lowest BCUT2D eigenvalue weighted by molar-refractivity contribution is 0.0760. The summed E-state index contributed by atoms with van der Waals surface area (Å²) >= 11 is 0. The Morgan fingerprint density at radius 2 is 2.00 bits per heavy atom. The Labute approximate surface area is 101 Å².